The molecule has 22 heavy (non-hydrogen) atoms. The zero-order valence-corrected chi connectivity index (χ0v) is 13.1. The molecule has 3 heteroatoms. The topological polar surface area (TPSA) is 46.3 Å². The lowest BCUT2D eigenvalue weighted by molar-refractivity contribution is -0.132. The number of carbonyl (C=O) groups is 1. The first-order valence-electron chi connectivity index (χ1n) is 7.76. The minimum Gasteiger partial charge on any atom is -0.338 e. The van der Waals surface area contributed by atoms with Crippen molar-refractivity contribution < 1.29 is 4.79 Å². The van der Waals surface area contributed by atoms with Gasteiger partial charge in [0.25, 0.3) is 0 Å². The average Bonchev–Trinajstić information content (AvgIpc) is 2.52. The fourth-order valence-corrected chi connectivity index (χ4v) is 2.41. The monoisotopic (exact) mass is 296 g/mol. The molecule has 0 spiro atoms. The molecule has 0 aliphatic heterocycles. The molecule has 0 saturated carbocycles. The third-order valence-corrected chi connectivity index (χ3v) is 3.58. The van der Waals surface area contributed by atoms with Gasteiger partial charge in [-0.3, -0.25) is 4.79 Å². The van der Waals surface area contributed by atoms with Gasteiger partial charge >= 0.3 is 0 Å². The Balaban J connectivity index is 2.02. The van der Waals surface area contributed by atoms with Crippen molar-refractivity contribution in [2.45, 2.75) is 32.4 Å². The molecular weight excluding hydrogens is 272 g/mol. The Morgan fingerprint density at radius 3 is 2.09 bits per heavy atom. The van der Waals surface area contributed by atoms with E-state index in [1.165, 1.54) is 5.56 Å². The molecule has 2 N–H and O–H groups in total. The first kappa shape index (κ1) is 16.2. The molecule has 2 rings (SSSR count). The molecule has 0 aliphatic rings. The number of benzene rings is 2. The summed E-state index contributed by atoms with van der Waals surface area (Å²) in [6, 6.07) is 20.2. The number of amides is 1. The zero-order valence-electron chi connectivity index (χ0n) is 13.1. The molecular formula is C19H24N2O. The fraction of sp³-hybridized carbons (Fsp3) is 0.316. The van der Waals surface area contributed by atoms with Crippen LogP contribution < -0.4 is 5.73 Å². The van der Waals surface area contributed by atoms with Crippen LogP contribution >= 0.6 is 0 Å². The lowest BCUT2D eigenvalue weighted by Crippen LogP contribution is -2.35. The summed E-state index contributed by atoms with van der Waals surface area (Å²) in [6.45, 7) is 3.22. The number of nitrogens with zero attached hydrogens (tertiary/aromatic N) is 1. The second-order valence-corrected chi connectivity index (χ2v) is 5.72. The Bertz CT molecular complexity index is 567. The Morgan fingerprint density at radius 1 is 1.00 bits per heavy atom. The molecule has 2 aromatic carbocycles. The van der Waals surface area contributed by atoms with Crippen molar-refractivity contribution in [3.05, 3.63) is 71.8 Å². The highest BCUT2D eigenvalue weighted by Crippen LogP contribution is 2.09. The normalized spacial score (nSPS) is 11.9. The molecule has 116 valence electrons. The zero-order chi connectivity index (χ0) is 15.8. The first-order chi connectivity index (χ1) is 10.6. The molecule has 0 bridgehead atoms. The third kappa shape index (κ3) is 5.34. The van der Waals surface area contributed by atoms with Gasteiger partial charge in [0.05, 0.1) is 0 Å². The lowest BCUT2D eigenvalue weighted by atomic mass is 10.1. The molecule has 0 fully saturated rings. The molecule has 2 aromatic rings. The van der Waals surface area contributed by atoms with Gasteiger partial charge < -0.3 is 10.6 Å². The van der Waals surface area contributed by atoms with Gasteiger partial charge in [0, 0.05) is 25.6 Å². The van der Waals surface area contributed by atoms with Crippen LogP contribution in [-0.4, -0.2) is 23.4 Å². The SMILES string of the molecule is CC(N)CC(=O)N(CCc1ccccc1)Cc1ccccc1. The summed E-state index contributed by atoms with van der Waals surface area (Å²) in [5.41, 5.74) is 8.18. The quantitative estimate of drug-likeness (QED) is 0.853. The highest BCUT2D eigenvalue weighted by atomic mass is 16.2. The van der Waals surface area contributed by atoms with E-state index in [0.29, 0.717) is 19.5 Å². The average molecular weight is 296 g/mol. The van der Waals surface area contributed by atoms with Crippen molar-refractivity contribution in [1.82, 2.24) is 4.90 Å². The summed E-state index contributed by atoms with van der Waals surface area (Å²) in [5, 5.41) is 0. The number of nitrogens with two attached hydrogens (primary N) is 1. The van der Waals surface area contributed by atoms with Gasteiger partial charge in [0.15, 0.2) is 0 Å². The van der Waals surface area contributed by atoms with Gasteiger partial charge in [-0.1, -0.05) is 60.7 Å². The van der Waals surface area contributed by atoms with Crippen LogP contribution in [0.2, 0.25) is 0 Å². The smallest absolute Gasteiger partial charge is 0.224 e. The van der Waals surface area contributed by atoms with E-state index < -0.39 is 0 Å². The molecule has 0 heterocycles. The van der Waals surface area contributed by atoms with Gasteiger partial charge in [-0.25, -0.2) is 0 Å². The van der Waals surface area contributed by atoms with Crippen molar-refractivity contribution in [3.8, 4) is 0 Å². The van der Waals surface area contributed by atoms with E-state index in [9.17, 15) is 4.79 Å². The van der Waals surface area contributed by atoms with Gasteiger partial charge in [-0.15, -0.1) is 0 Å². The summed E-state index contributed by atoms with van der Waals surface area (Å²) in [7, 11) is 0. The summed E-state index contributed by atoms with van der Waals surface area (Å²) >= 11 is 0. The van der Waals surface area contributed by atoms with Crippen LogP contribution in [-0.2, 0) is 17.8 Å². The Hall–Kier alpha value is -2.13. The van der Waals surface area contributed by atoms with Crippen LogP contribution in [0.4, 0.5) is 0 Å². The van der Waals surface area contributed by atoms with Crippen LogP contribution in [0.15, 0.2) is 60.7 Å². The van der Waals surface area contributed by atoms with Crippen molar-refractivity contribution >= 4 is 5.91 Å². The van der Waals surface area contributed by atoms with Crippen molar-refractivity contribution in [2.24, 2.45) is 5.73 Å². The number of carbonyl (C=O) groups excluding carboxylic acids is 1. The molecule has 1 unspecified atom stereocenters. The summed E-state index contributed by atoms with van der Waals surface area (Å²) in [6.07, 6.45) is 1.25. The fourth-order valence-electron chi connectivity index (χ4n) is 2.41. The summed E-state index contributed by atoms with van der Waals surface area (Å²) < 4.78 is 0. The minimum atomic E-state index is -0.109. The van der Waals surface area contributed by atoms with Gasteiger partial charge in [-0.05, 0) is 24.5 Å². The predicted molar refractivity (Wildman–Crippen MR) is 90.3 cm³/mol. The minimum absolute atomic E-state index is 0.109. The maximum absolute atomic E-state index is 12.4. The van der Waals surface area contributed by atoms with Crippen molar-refractivity contribution in [1.29, 1.82) is 0 Å². The molecule has 0 saturated heterocycles. The molecule has 1 amide bonds. The van der Waals surface area contributed by atoms with E-state index in [-0.39, 0.29) is 11.9 Å². The standard InChI is InChI=1S/C19H24N2O/c1-16(20)14-19(22)21(15-18-10-6-3-7-11-18)13-12-17-8-4-2-5-9-17/h2-11,16H,12-15,20H2,1H3. The maximum atomic E-state index is 12.4. The molecule has 0 aliphatic carbocycles. The summed E-state index contributed by atoms with van der Waals surface area (Å²) in [5.74, 6) is 0.120. The number of rotatable bonds is 7. The molecule has 0 radical (unpaired) electrons. The van der Waals surface area contributed by atoms with Crippen LogP contribution in [0.3, 0.4) is 0 Å². The third-order valence-electron chi connectivity index (χ3n) is 3.58. The second-order valence-electron chi connectivity index (χ2n) is 5.72. The highest BCUT2D eigenvalue weighted by Gasteiger charge is 2.15. The van der Waals surface area contributed by atoms with Crippen LogP contribution in [0.1, 0.15) is 24.5 Å². The Labute approximate surface area is 132 Å². The van der Waals surface area contributed by atoms with E-state index >= 15 is 0 Å². The van der Waals surface area contributed by atoms with E-state index in [1.807, 2.05) is 48.2 Å². The lowest BCUT2D eigenvalue weighted by Gasteiger charge is -2.24. The van der Waals surface area contributed by atoms with E-state index in [0.717, 1.165) is 12.0 Å². The number of hydrogen-bond donors (Lipinski definition) is 1. The van der Waals surface area contributed by atoms with Crippen LogP contribution in [0, 0.1) is 0 Å². The molecule has 3 nitrogen and oxygen atoms in total. The molecule has 0 aromatic heterocycles. The van der Waals surface area contributed by atoms with Crippen LogP contribution in [0.5, 0.6) is 0 Å². The van der Waals surface area contributed by atoms with Gasteiger partial charge in [0.2, 0.25) is 5.91 Å². The van der Waals surface area contributed by atoms with E-state index in [2.05, 4.69) is 24.3 Å². The number of hydrogen-bond acceptors (Lipinski definition) is 2. The Morgan fingerprint density at radius 2 is 1.55 bits per heavy atom. The van der Waals surface area contributed by atoms with Gasteiger partial charge in [0.1, 0.15) is 0 Å². The van der Waals surface area contributed by atoms with Crippen LogP contribution in [0.25, 0.3) is 0 Å². The second kappa shape index (κ2) is 8.35. The maximum Gasteiger partial charge on any atom is 0.224 e. The van der Waals surface area contributed by atoms with Gasteiger partial charge in [-0.2, -0.15) is 0 Å². The highest BCUT2D eigenvalue weighted by molar-refractivity contribution is 5.76. The first-order valence-corrected chi connectivity index (χ1v) is 7.76. The summed E-state index contributed by atoms with van der Waals surface area (Å²) in [4.78, 5) is 14.3. The van der Waals surface area contributed by atoms with Crippen molar-refractivity contribution in [2.75, 3.05) is 6.54 Å². The largest absolute Gasteiger partial charge is 0.338 e. The molecule has 1 atom stereocenters. The predicted octanol–water partition coefficient (Wildman–Crippen LogP) is 3.00. The van der Waals surface area contributed by atoms with E-state index in [4.69, 9.17) is 5.73 Å². The Kier molecular flexibility index (Phi) is 6.16. The van der Waals surface area contributed by atoms with Crippen molar-refractivity contribution in [3.63, 3.8) is 0 Å². The van der Waals surface area contributed by atoms with E-state index in [1.54, 1.807) is 0 Å².